The fourth-order valence-electron chi connectivity index (χ4n) is 13.9. The SMILES string of the molecule is c1ccc(-c2ccc3c(c2)c2ccccc2n3-c2nc(-c3cccc([Si](c4ccccc4)(c4ccccc4)c4ccccc4)c3)nc(-n3c4ccccc4c4ccc(N5C6CC7CC(C6)CC5C7)cc43)n2)cc1. The standard InChI is InChI=1S/C66H52N6Si/c1-5-18-46(19-6-1)47-32-35-62-59(42-47)57-29-14-16-31-61(57)71(62)65-67-64(48-20-17-27-55(41-48)73(52-21-7-2-8-22-52,53-23-9-3-10-24-53)54-25-11-4-12-26-54)68-66(69-65)72-60-30-15-13-28-56(60)58-34-33-49(43-63(58)72)70-50-37-44-36-45(39-50)40-51(70)38-44/h1-35,41-45,50-51H,36-40H2. The summed E-state index contributed by atoms with van der Waals surface area (Å²) in [6.45, 7) is 0. The fraction of sp³-hybridized carbons (Fsp3) is 0.136. The fourth-order valence-corrected chi connectivity index (χ4v) is 18.7. The molecule has 0 spiro atoms. The van der Waals surface area contributed by atoms with E-state index >= 15 is 0 Å². The van der Waals surface area contributed by atoms with Crippen molar-refractivity contribution in [1.29, 1.82) is 0 Å². The van der Waals surface area contributed by atoms with Crippen molar-refractivity contribution in [3.63, 3.8) is 0 Å². The Balaban J connectivity index is 0.994. The quantitative estimate of drug-likeness (QED) is 0.107. The van der Waals surface area contributed by atoms with Crippen LogP contribution in [0.5, 0.6) is 0 Å². The van der Waals surface area contributed by atoms with E-state index in [-0.39, 0.29) is 0 Å². The molecule has 0 atom stereocenters. The van der Waals surface area contributed by atoms with E-state index in [1.807, 2.05) is 0 Å². The topological polar surface area (TPSA) is 51.8 Å². The maximum Gasteiger partial charge on any atom is 0.240 e. The summed E-state index contributed by atoms with van der Waals surface area (Å²) in [5.74, 6) is 3.55. The van der Waals surface area contributed by atoms with Crippen molar-refractivity contribution in [3.05, 3.63) is 231 Å². The number of rotatable bonds is 9. The molecule has 0 unspecified atom stereocenters. The molecule has 4 aliphatic rings. The van der Waals surface area contributed by atoms with Gasteiger partial charge in [0, 0.05) is 44.9 Å². The zero-order valence-corrected chi connectivity index (χ0v) is 41.5. The van der Waals surface area contributed by atoms with E-state index in [1.165, 1.54) is 80.4 Å². The second-order valence-electron chi connectivity index (χ2n) is 20.8. The van der Waals surface area contributed by atoms with Gasteiger partial charge in [-0.15, -0.1) is 0 Å². The van der Waals surface area contributed by atoms with E-state index in [1.54, 1.807) is 0 Å². The predicted octanol–water partition coefficient (Wildman–Crippen LogP) is 12.5. The van der Waals surface area contributed by atoms with Crippen molar-refractivity contribution in [3.8, 4) is 34.4 Å². The number of aromatic nitrogens is 5. The van der Waals surface area contributed by atoms with Crippen LogP contribution in [-0.4, -0.2) is 44.2 Å². The van der Waals surface area contributed by atoms with Gasteiger partial charge in [0.1, 0.15) is 0 Å². The first-order valence-corrected chi connectivity index (χ1v) is 28.1. The summed E-state index contributed by atoms with van der Waals surface area (Å²) in [7, 11) is -2.90. The third-order valence-electron chi connectivity index (χ3n) is 16.8. The lowest BCUT2D eigenvalue weighted by atomic mass is 9.63. The van der Waals surface area contributed by atoms with Gasteiger partial charge in [0.15, 0.2) is 13.9 Å². The van der Waals surface area contributed by atoms with Crippen LogP contribution in [0.25, 0.3) is 78.0 Å². The molecule has 4 fully saturated rings. The molecule has 3 aromatic heterocycles. The highest BCUT2D eigenvalue weighted by Crippen LogP contribution is 2.51. The highest BCUT2D eigenvalue weighted by molar-refractivity contribution is 7.19. The van der Waals surface area contributed by atoms with Crippen molar-refractivity contribution < 1.29 is 0 Å². The van der Waals surface area contributed by atoms with Gasteiger partial charge in [-0.1, -0.05) is 194 Å². The molecule has 0 radical (unpaired) electrons. The minimum absolute atomic E-state index is 0.577. The Bertz CT molecular complexity index is 3930. The maximum atomic E-state index is 5.66. The van der Waals surface area contributed by atoms with Crippen LogP contribution in [0.2, 0.25) is 0 Å². The van der Waals surface area contributed by atoms with E-state index in [4.69, 9.17) is 15.0 Å². The van der Waals surface area contributed by atoms with Crippen molar-refractivity contribution >= 4 is 78.1 Å². The highest BCUT2D eigenvalue weighted by atomic mass is 28.3. The lowest BCUT2D eigenvalue weighted by Crippen LogP contribution is -2.74. The van der Waals surface area contributed by atoms with Crippen LogP contribution < -0.4 is 25.6 Å². The van der Waals surface area contributed by atoms with Gasteiger partial charge in [-0.2, -0.15) is 15.0 Å². The molecule has 2 aliphatic heterocycles. The summed E-state index contributed by atoms with van der Waals surface area (Å²) in [5, 5.41) is 9.89. The lowest BCUT2D eigenvalue weighted by Gasteiger charge is -2.57. The molecule has 4 bridgehead atoms. The molecule has 16 rings (SSSR count). The number of anilines is 1. The smallest absolute Gasteiger partial charge is 0.240 e. The summed E-state index contributed by atoms with van der Waals surface area (Å²) in [6.07, 6.45) is 6.66. The number of hydrogen-bond acceptors (Lipinski definition) is 4. The predicted molar refractivity (Wildman–Crippen MR) is 303 cm³/mol. The summed E-state index contributed by atoms with van der Waals surface area (Å²) >= 11 is 0. The van der Waals surface area contributed by atoms with Gasteiger partial charge in [0.05, 0.1) is 22.1 Å². The molecule has 73 heavy (non-hydrogen) atoms. The number of hydrogen-bond donors (Lipinski definition) is 0. The van der Waals surface area contributed by atoms with Crippen LogP contribution in [0.4, 0.5) is 5.69 Å². The van der Waals surface area contributed by atoms with E-state index in [2.05, 4.69) is 245 Å². The number of piperidine rings is 2. The Morgan fingerprint density at radius 2 is 0.808 bits per heavy atom. The van der Waals surface area contributed by atoms with Crippen LogP contribution in [0.15, 0.2) is 231 Å². The zero-order chi connectivity index (χ0) is 48.0. The first-order chi connectivity index (χ1) is 36.2. The third kappa shape index (κ3) is 6.72. The first-order valence-electron chi connectivity index (χ1n) is 26.1. The largest absolute Gasteiger partial charge is 0.365 e. The van der Waals surface area contributed by atoms with Gasteiger partial charge in [0.25, 0.3) is 0 Å². The molecule has 12 aromatic rings. The molecule has 9 aromatic carbocycles. The molecule has 2 saturated heterocycles. The van der Waals surface area contributed by atoms with E-state index in [0.717, 1.165) is 50.2 Å². The lowest BCUT2D eigenvalue weighted by molar-refractivity contribution is 0.0900. The van der Waals surface area contributed by atoms with Crippen LogP contribution in [0.3, 0.4) is 0 Å². The maximum absolute atomic E-state index is 5.66. The van der Waals surface area contributed by atoms with Crippen LogP contribution >= 0.6 is 0 Å². The summed E-state index contributed by atoms with van der Waals surface area (Å²) in [4.78, 5) is 19.7. The minimum atomic E-state index is -2.90. The molecular weight excluding hydrogens is 905 g/mol. The Hall–Kier alpha value is -8.39. The van der Waals surface area contributed by atoms with Gasteiger partial charge in [-0.25, -0.2) is 0 Å². The van der Waals surface area contributed by atoms with Gasteiger partial charge in [-0.05, 0) is 112 Å². The van der Waals surface area contributed by atoms with Gasteiger partial charge in [-0.3, -0.25) is 9.13 Å². The van der Waals surface area contributed by atoms with Gasteiger partial charge < -0.3 is 4.90 Å². The molecule has 2 aliphatic carbocycles. The van der Waals surface area contributed by atoms with Crippen molar-refractivity contribution in [2.75, 3.05) is 4.90 Å². The van der Waals surface area contributed by atoms with Crippen LogP contribution in [0.1, 0.15) is 32.1 Å². The van der Waals surface area contributed by atoms with Crippen LogP contribution in [0, 0.1) is 11.8 Å². The van der Waals surface area contributed by atoms with E-state index in [9.17, 15) is 0 Å². The highest BCUT2D eigenvalue weighted by Gasteiger charge is 2.47. The second kappa shape index (κ2) is 16.9. The number of para-hydroxylation sites is 2. The third-order valence-corrected chi connectivity index (χ3v) is 21.6. The van der Waals surface area contributed by atoms with E-state index < -0.39 is 8.07 Å². The average Bonchev–Trinajstić information content (AvgIpc) is 3.97. The zero-order valence-electron chi connectivity index (χ0n) is 40.5. The normalized spacial score (nSPS) is 18.4. The van der Waals surface area contributed by atoms with Gasteiger partial charge >= 0.3 is 0 Å². The second-order valence-corrected chi connectivity index (χ2v) is 24.6. The molecule has 7 heteroatoms. The molecule has 0 amide bonds. The number of nitrogens with zero attached hydrogens (tertiary/aromatic N) is 6. The number of fused-ring (bicyclic) bond motifs is 6. The minimum Gasteiger partial charge on any atom is -0.365 e. The average molecular weight is 957 g/mol. The van der Waals surface area contributed by atoms with Crippen molar-refractivity contribution in [1.82, 2.24) is 24.1 Å². The summed E-state index contributed by atoms with van der Waals surface area (Å²) < 4.78 is 4.58. The monoisotopic (exact) mass is 956 g/mol. The Morgan fingerprint density at radius 1 is 0.329 bits per heavy atom. The van der Waals surface area contributed by atoms with E-state index in [0.29, 0.717) is 29.8 Å². The Kier molecular flexibility index (Phi) is 9.77. The van der Waals surface area contributed by atoms with Crippen LogP contribution in [-0.2, 0) is 0 Å². The number of benzene rings is 9. The molecule has 5 heterocycles. The van der Waals surface area contributed by atoms with Crippen molar-refractivity contribution in [2.24, 2.45) is 11.8 Å². The first kappa shape index (κ1) is 42.3. The molecule has 350 valence electrons. The molecule has 0 N–H and O–H groups in total. The van der Waals surface area contributed by atoms with Gasteiger partial charge in [0.2, 0.25) is 11.9 Å². The molecule has 6 nitrogen and oxygen atoms in total. The Morgan fingerprint density at radius 3 is 1.41 bits per heavy atom. The molecule has 2 saturated carbocycles. The summed E-state index contributed by atoms with van der Waals surface area (Å²) in [5.41, 5.74) is 8.88. The summed E-state index contributed by atoms with van der Waals surface area (Å²) in [6, 6.07) is 85.8. The molecular formula is C66H52N6Si. The Labute approximate surface area is 425 Å². The van der Waals surface area contributed by atoms with Crippen molar-refractivity contribution in [2.45, 2.75) is 44.2 Å².